The van der Waals surface area contributed by atoms with Gasteiger partial charge in [-0.05, 0) is 61.0 Å². The molecule has 164 valence electrons. The predicted octanol–water partition coefficient (Wildman–Crippen LogP) is 3.39. The highest BCUT2D eigenvalue weighted by Crippen LogP contribution is 2.24. The largest absolute Gasteiger partial charge is 0.356 e. The van der Waals surface area contributed by atoms with Crippen LogP contribution in [0.15, 0.2) is 65.7 Å². The van der Waals surface area contributed by atoms with E-state index >= 15 is 0 Å². The van der Waals surface area contributed by atoms with Crippen LogP contribution in [0.3, 0.4) is 0 Å². The molecule has 1 aliphatic rings. The number of aryl methyl sites for hydroxylation is 1. The summed E-state index contributed by atoms with van der Waals surface area (Å²) < 4.78 is 42.3. The van der Waals surface area contributed by atoms with E-state index in [0.717, 1.165) is 25.1 Å². The van der Waals surface area contributed by atoms with Gasteiger partial charge in [-0.25, -0.2) is 12.8 Å². The number of sulfonamides is 1. The highest BCUT2D eigenvalue weighted by Gasteiger charge is 2.33. The molecule has 0 saturated carbocycles. The highest BCUT2D eigenvalue weighted by molar-refractivity contribution is 7.89. The number of benzene rings is 2. The predicted molar refractivity (Wildman–Crippen MR) is 117 cm³/mol. The topological polar surface area (TPSA) is 71.4 Å². The zero-order chi connectivity index (χ0) is 21.8. The average Bonchev–Trinajstić information content (AvgIpc) is 3.20. The van der Waals surface area contributed by atoms with Gasteiger partial charge in [-0.1, -0.05) is 18.2 Å². The first-order valence-electron chi connectivity index (χ1n) is 10.5. The molecule has 1 aliphatic heterocycles. The number of amides is 1. The molecule has 1 atom stereocenters. The number of hydrogen-bond donors (Lipinski definition) is 1. The van der Waals surface area contributed by atoms with E-state index < -0.39 is 15.8 Å². The molecule has 0 radical (unpaired) electrons. The summed E-state index contributed by atoms with van der Waals surface area (Å²) in [7, 11) is -3.74. The van der Waals surface area contributed by atoms with Crippen LogP contribution >= 0.6 is 0 Å². The van der Waals surface area contributed by atoms with Gasteiger partial charge in [-0.2, -0.15) is 4.31 Å². The van der Waals surface area contributed by atoms with E-state index in [1.54, 1.807) is 0 Å². The fraction of sp³-hybridized carbons (Fsp3) is 0.348. The molecular formula is C23H26FN3O3S. The molecule has 1 unspecified atom stereocenters. The fourth-order valence-corrected chi connectivity index (χ4v) is 5.60. The number of nitrogens with zero attached hydrogens (tertiary/aromatic N) is 2. The first-order chi connectivity index (χ1) is 14.9. The van der Waals surface area contributed by atoms with E-state index in [-0.39, 0.29) is 23.3 Å². The number of piperidine rings is 1. The maximum absolute atomic E-state index is 13.1. The number of carbonyl (C=O) groups excluding carboxylic acids is 1. The van der Waals surface area contributed by atoms with Crippen molar-refractivity contribution in [3.8, 4) is 0 Å². The summed E-state index contributed by atoms with van der Waals surface area (Å²) in [6.07, 6.45) is 4.11. The quantitative estimate of drug-likeness (QED) is 0.569. The van der Waals surface area contributed by atoms with Gasteiger partial charge in [0, 0.05) is 37.9 Å². The van der Waals surface area contributed by atoms with E-state index in [2.05, 4.69) is 28.1 Å². The molecule has 4 rings (SSSR count). The molecule has 3 aromatic rings. The van der Waals surface area contributed by atoms with E-state index in [9.17, 15) is 17.6 Å². The van der Waals surface area contributed by atoms with Gasteiger partial charge in [0.25, 0.3) is 0 Å². The molecule has 8 heteroatoms. The third-order valence-electron chi connectivity index (χ3n) is 5.76. The van der Waals surface area contributed by atoms with E-state index in [1.807, 2.05) is 18.3 Å². The van der Waals surface area contributed by atoms with E-state index in [4.69, 9.17) is 0 Å². The standard InChI is InChI=1S/C23H26FN3O3S/c24-20-8-10-21(11-9-20)31(29,30)27-15-3-6-19(17-27)23(28)25-13-4-14-26-16-12-18-5-1-2-7-22(18)26/h1-2,5,7-12,16,19H,3-4,6,13-15,17H2,(H,25,28). The zero-order valence-corrected chi connectivity index (χ0v) is 18.0. The number of carbonyl (C=O) groups is 1. The summed E-state index contributed by atoms with van der Waals surface area (Å²) in [5.41, 5.74) is 1.17. The Morgan fingerprint density at radius 1 is 1.10 bits per heavy atom. The summed E-state index contributed by atoms with van der Waals surface area (Å²) in [4.78, 5) is 12.7. The Balaban J connectivity index is 1.30. The minimum Gasteiger partial charge on any atom is -0.356 e. The van der Waals surface area contributed by atoms with Crippen molar-refractivity contribution in [3.63, 3.8) is 0 Å². The van der Waals surface area contributed by atoms with Crippen LogP contribution in [0.4, 0.5) is 4.39 Å². The lowest BCUT2D eigenvalue weighted by Crippen LogP contribution is -2.45. The average molecular weight is 444 g/mol. The third-order valence-corrected chi connectivity index (χ3v) is 7.64. The minimum absolute atomic E-state index is 0.0499. The molecule has 0 spiro atoms. The molecule has 0 bridgehead atoms. The Hall–Kier alpha value is -2.71. The van der Waals surface area contributed by atoms with Crippen molar-refractivity contribution in [1.29, 1.82) is 0 Å². The second-order valence-corrected chi connectivity index (χ2v) is 9.81. The molecule has 2 heterocycles. The van der Waals surface area contributed by atoms with E-state index in [0.29, 0.717) is 25.9 Å². The number of fused-ring (bicyclic) bond motifs is 1. The lowest BCUT2D eigenvalue weighted by molar-refractivity contribution is -0.126. The van der Waals surface area contributed by atoms with Gasteiger partial charge in [0.05, 0.1) is 10.8 Å². The van der Waals surface area contributed by atoms with Crippen LogP contribution in [0, 0.1) is 11.7 Å². The lowest BCUT2D eigenvalue weighted by atomic mass is 9.99. The molecular weight excluding hydrogens is 417 g/mol. The van der Waals surface area contributed by atoms with Crippen molar-refractivity contribution in [2.45, 2.75) is 30.7 Å². The summed E-state index contributed by atoms with van der Waals surface area (Å²) in [6.45, 7) is 1.84. The number of hydrogen-bond acceptors (Lipinski definition) is 3. The second kappa shape index (κ2) is 9.20. The second-order valence-electron chi connectivity index (χ2n) is 7.87. The maximum Gasteiger partial charge on any atom is 0.243 e. The Bertz CT molecular complexity index is 1160. The first kappa shape index (κ1) is 21.5. The zero-order valence-electron chi connectivity index (χ0n) is 17.2. The molecule has 31 heavy (non-hydrogen) atoms. The Labute approximate surface area is 181 Å². The lowest BCUT2D eigenvalue weighted by Gasteiger charge is -2.31. The number of aromatic nitrogens is 1. The third kappa shape index (κ3) is 4.80. The maximum atomic E-state index is 13.1. The van der Waals surface area contributed by atoms with Gasteiger partial charge in [0.2, 0.25) is 15.9 Å². The monoisotopic (exact) mass is 443 g/mol. The highest BCUT2D eigenvalue weighted by atomic mass is 32.2. The number of para-hydroxylation sites is 1. The summed E-state index contributed by atoms with van der Waals surface area (Å²) >= 11 is 0. The summed E-state index contributed by atoms with van der Waals surface area (Å²) in [5.74, 6) is -0.976. The van der Waals surface area contributed by atoms with Gasteiger partial charge < -0.3 is 9.88 Å². The van der Waals surface area contributed by atoms with Crippen molar-refractivity contribution in [1.82, 2.24) is 14.2 Å². The van der Waals surface area contributed by atoms with Gasteiger partial charge in [0.15, 0.2) is 0 Å². The van der Waals surface area contributed by atoms with E-state index in [1.165, 1.54) is 27.3 Å². The number of rotatable bonds is 7. The van der Waals surface area contributed by atoms with Crippen molar-refractivity contribution in [2.75, 3.05) is 19.6 Å². The van der Waals surface area contributed by atoms with Crippen LogP contribution < -0.4 is 5.32 Å². The van der Waals surface area contributed by atoms with Crippen LogP contribution in [0.5, 0.6) is 0 Å². The van der Waals surface area contributed by atoms with Crippen LogP contribution in [0.1, 0.15) is 19.3 Å². The first-order valence-corrected chi connectivity index (χ1v) is 12.0. The molecule has 2 aromatic carbocycles. The Morgan fingerprint density at radius 2 is 1.87 bits per heavy atom. The van der Waals surface area contributed by atoms with Crippen LogP contribution in [0.25, 0.3) is 10.9 Å². The van der Waals surface area contributed by atoms with Crippen molar-refractivity contribution < 1.29 is 17.6 Å². The Morgan fingerprint density at radius 3 is 2.68 bits per heavy atom. The van der Waals surface area contributed by atoms with Crippen LogP contribution in [-0.4, -0.2) is 42.8 Å². The fourth-order valence-electron chi connectivity index (χ4n) is 4.07. The van der Waals surface area contributed by atoms with Gasteiger partial charge in [0.1, 0.15) is 5.82 Å². The van der Waals surface area contributed by atoms with Crippen molar-refractivity contribution >= 4 is 26.8 Å². The summed E-state index contributed by atoms with van der Waals surface area (Å²) in [5, 5.41) is 4.15. The number of nitrogens with one attached hydrogen (secondary N) is 1. The number of halogens is 1. The molecule has 1 amide bonds. The molecule has 1 saturated heterocycles. The Kier molecular flexibility index (Phi) is 6.38. The normalized spacial score (nSPS) is 17.6. The molecule has 1 N–H and O–H groups in total. The summed E-state index contributed by atoms with van der Waals surface area (Å²) in [6, 6.07) is 15.0. The minimum atomic E-state index is -3.74. The van der Waals surface area contributed by atoms with Gasteiger partial charge in [-0.15, -0.1) is 0 Å². The molecule has 1 fully saturated rings. The smallest absolute Gasteiger partial charge is 0.243 e. The van der Waals surface area contributed by atoms with Gasteiger partial charge >= 0.3 is 0 Å². The van der Waals surface area contributed by atoms with Crippen molar-refractivity contribution in [3.05, 3.63) is 66.6 Å². The molecule has 0 aliphatic carbocycles. The SMILES string of the molecule is O=C(NCCCn1ccc2ccccc21)C1CCCN(S(=O)(=O)c2ccc(F)cc2)C1. The molecule has 1 aromatic heterocycles. The van der Waals surface area contributed by atoms with Crippen molar-refractivity contribution in [2.24, 2.45) is 5.92 Å². The van der Waals surface area contributed by atoms with Crippen LogP contribution in [0.2, 0.25) is 0 Å². The van der Waals surface area contributed by atoms with Crippen LogP contribution in [-0.2, 0) is 21.4 Å². The molecule has 6 nitrogen and oxygen atoms in total. The van der Waals surface area contributed by atoms with Gasteiger partial charge in [-0.3, -0.25) is 4.79 Å².